The average Bonchev–Trinajstić information content (AvgIpc) is 2.66. The highest BCUT2D eigenvalue weighted by Crippen LogP contribution is 2.11. The molecule has 148 valence electrons. The number of benzene rings is 1. The van der Waals surface area contributed by atoms with Gasteiger partial charge < -0.3 is 15.5 Å². The Labute approximate surface area is 158 Å². The number of amides is 3. The van der Waals surface area contributed by atoms with Crippen molar-refractivity contribution in [3.63, 3.8) is 0 Å². The van der Waals surface area contributed by atoms with Gasteiger partial charge in [-0.2, -0.15) is 0 Å². The van der Waals surface area contributed by atoms with Crippen LogP contribution in [0, 0.1) is 11.7 Å². The minimum absolute atomic E-state index is 0.0543. The van der Waals surface area contributed by atoms with Crippen LogP contribution in [0.1, 0.15) is 24.2 Å². The highest BCUT2D eigenvalue weighted by Gasteiger charge is 2.31. The molecule has 27 heavy (non-hydrogen) atoms. The number of halogens is 1. The molecule has 1 fully saturated rings. The predicted octanol–water partition coefficient (Wildman–Crippen LogP) is 0.470. The van der Waals surface area contributed by atoms with Crippen molar-refractivity contribution in [1.29, 1.82) is 0 Å². The lowest BCUT2D eigenvalue weighted by Gasteiger charge is -2.37. The minimum Gasteiger partial charge on any atom is -0.358 e. The molecule has 0 saturated carbocycles. The number of carbonyl (C=O) groups is 3. The number of carbonyl (C=O) groups excluding carboxylic acids is 3. The van der Waals surface area contributed by atoms with Gasteiger partial charge in [-0.15, -0.1) is 0 Å². The van der Waals surface area contributed by atoms with Gasteiger partial charge in [-0.1, -0.05) is 13.8 Å². The maximum Gasteiger partial charge on any atom is 0.251 e. The fourth-order valence-corrected chi connectivity index (χ4v) is 2.94. The van der Waals surface area contributed by atoms with Crippen LogP contribution in [0.15, 0.2) is 24.3 Å². The molecule has 1 aliphatic rings. The van der Waals surface area contributed by atoms with Crippen molar-refractivity contribution >= 4 is 17.7 Å². The second-order valence-electron chi connectivity index (χ2n) is 6.98. The lowest BCUT2D eigenvalue weighted by atomic mass is 10.0. The fourth-order valence-electron chi connectivity index (χ4n) is 2.94. The first-order chi connectivity index (χ1) is 12.8. The van der Waals surface area contributed by atoms with Gasteiger partial charge >= 0.3 is 0 Å². The molecule has 7 nitrogen and oxygen atoms in total. The number of rotatable bonds is 6. The Bertz CT molecular complexity index is 670. The Morgan fingerprint density at radius 3 is 2.19 bits per heavy atom. The molecule has 2 rings (SSSR count). The Hall–Kier alpha value is -2.48. The van der Waals surface area contributed by atoms with Crippen LogP contribution in [0.2, 0.25) is 0 Å². The van der Waals surface area contributed by atoms with Crippen LogP contribution in [0.4, 0.5) is 4.39 Å². The second kappa shape index (κ2) is 9.45. The highest BCUT2D eigenvalue weighted by atomic mass is 19.1. The SMILES string of the molecule is CNC(=O)CN1CCN(C(=O)C(NC(=O)c2ccc(F)cc2)C(C)C)CC1. The zero-order valence-electron chi connectivity index (χ0n) is 16.0. The standard InChI is InChI=1S/C19H27FN4O3/c1-13(2)17(22-18(26)14-4-6-15(20)7-5-14)19(27)24-10-8-23(9-11-24)12-16(25)21-3/h4-7,13,17H,8-12H2,1-3H3,(H,21,25)(H,22,26). The quantitative estimate of drug-likeness (QED) is 0.754. The van der Waals surface area contributed by atoms with Gasteiger partial charge in [0.2, 0.25) is 11.8 Å². The molecule has 2 N–H and O–H groups in total. The lowest BCUT2D eigenvalue weighted by Crippen LogP contribution is -2.57. The molecule has 1 unspecified atom stereocenters. The van der Waals surface area contributed by atoms with Crippen molar-refractivity contribution in [2.75, 3.05) is 39.8 Å². The minimum atomic E-state index is -0.659. The molecule has 0 aliphatic carbocycles. The highest BCUT2D eigenvalue weighted by molar-refractivity contribution is 5.97. The summed E-state index contributed by atoms with van der Waals surface area (Å²) in [4.78, 5) is 40.5. The summed E-state index contributed by atoms with van der Waals surface area (Å²) in [5.74, 6) is -1.11. The Kier molecular flexibility index (Phi) is 7.29. The summed E-state index contributed by atoms with van der Waals surface area (Å²) >= 11 is 0. The number of hydrogen-bond acceptors (Lipinski definition) is 4. The molecule has 1 aliphatic heterocycles. The zero-order valence-corrected chi connectivity index (χ0v) is 16.0. The lowest BCUT2D eigenvalue weighted by molar-refractivity contribution is -0.136. The van der Waals surface area contributed by atoms with E-state index in [0.717, 1.165) is 0 Å². The van der Waals surface area contributed by atoms with Crippen LogP contribution in [0.3, 0.4) is 0 Å². The number of piperazine rings is 1. The van der Waals surface area contributed by atoms with Crippen molar-refractivity contribution in [3.05, 3.63) is 35.6 Å². The van der Waals surface area contributed by atoms with E-state index in [9.17, 15) is 18.8 Å². The number of hydrogen-bond donors (Lipinski definition) is 2. The summed E-state index contributed by atoms with van der Waals surface area (Å²) < 4.78 is 13.0. The molecule has 1 aromatic carbocycles. The van der Waals surface area contributed by atoms with Crippen molar-refractivity contribution < 1.29 is 18.8 Å². The first-order valence-electron chi connectivity index (χ1n) is 9.10. The summed E-state index contributed by atoms with van der Waals surface area (Å²) in [6.45, 7) is 6.28. The van der Waals surface area contributed by atoms with Crippen molar-refractivity contribution in [2.45, 2.75) is 19.9 Å². The summed E-state index contributed by atoms with van der Waals surface area (Å²) in [6, 6.07) is 4.56. The van der Waals surface area contributed by atoms with Gasteiger partial charge in [-0.05, 0) is 30.2 Å². The van der Waals surface area contributed by atoms with E-state index in [1.54, 1.807) is 11.9 Å². The number of likely N-dealkylation sites (N-methyl/N-ethyl adjacent to an activating group) is 1. The van der Waals surface area contributed by atoms with Crippen LogP contribution in [0.25, 0.3) is 0 Å². The molecule has 1 atom stereocenters. The summed E-state index contributed by atoms with van der Waals surface area (Å²) in [5, 5.41) is 5.36. The van der Waals surface area contributed by atoms with Gasteiger partial charge in [0.1, 0.15) is 11.9 Å². The van der Waals surface area contributed by atoms with Gasteiger partial charge in [0, 0.05) is 38.8 Å². The molecular formula is C19H27FN4O3. The molecule has 1 saturated heterocycles. The van der Waals surface area contributed by atoms with Crippen molar-refractivity contribution in [3.8, 4) is 0 Å². The van der Waals surface area contributed by atoms with Gasteiger partial charge in [-0.25, -0.2) is 4.39 Å². The third-order valence-electron chi connectivity index (χ3n) is 4.66. The van der Waals surface area contributed by atoms with E-state index in [1.165, 1.54) is 24.3 Å². The maximum absolute atomic E-state index is 13.0. The molecule has 0 spiro atoms. The molecule has 8 heteroatoms. The first kappa shape index (κ1) is 20.8. The van der Waals surface area contributed by atoms with E-state index in [-0.39, 0.29) is 17.7 Å². The molecule has 0 radical (unpaired) electrons. The van der Waals surface area contributed by atoms with Gasteiger partial charge in [0.25, 0.3) is 5.91 Å². The molecule has 1 aromatic rings. The molecule has 0 aromatic heterocycles. The smallest absolute Gasteiger partial charge is 0.251 e. The average molecular weight is 378 g/mol. The van der Waals surface area contributed by atoms with E-state index in [2.05, 4.69) is 10.6 Å². The topological polar surface area (TPSA) is 81.8 Å². The van der Waals surface area contributed by atoms with Gasteiger partial charge in [0.05, 0.1) is 6.54 Å². The van der Waals surface area contributed by atoms with Crippen molar-refractivity contribution in [1.82, 2.24) is 20.4 Å². The second-order valence-corrected chi connectivity index (χ2v) is 6.98. The van der Waals surface area contributed by atoms with Crippen LogP contribution < -0.4 is 10.6 Å². The van der Waals surface area contributed by atoms with E-state index < -0.39 is 17.8 Å². The van der Waals surface area contributed by atoms with E-state index in [1.807, 2.05) is 18.7 Å². The normalized spacial score (nSPS) is 16.1. The van der Waals surface area contributed by atoms with Crippen molar-refractivity contribution in [2.24, 2.45) is 5.92 Å². The van der Waals surface area contributed by atoms with E-state index >= 15 is 0 Å². The van der Waals surface area contributed by atoms with Gasteiger partial charge in [0.15, 0.2) is 0 Å². The van der Waals surface area contributed by atoms with Crippen LogP contribution in [0.5, 0.6) is 0 Å². The number of nitrogens with one attached hydrogen (secondary N) is 2. The summed E-state index contributed by atoms with van der Waals surface area (Å²) in [7, 11) is 1.60. The first-order valence-corrected chi connectivity index (χ1v) is 9.10. The van der Waals surface area contributed by atoms with E-state index in [4.69, 9.17) is 0 Å². The monoisotopic (exact) mass is 378 g/mol. The van der Waals surface area contributed by atoms with Crippen LogP contribution in [-0.2, 0) is 9.59 Å². The fraction of sp³-hybridized carbons (Fsp3) is 0.526. The molecule has 1 heterocycles. The predicted molar refractivity (Wildman–Crippen MR) is 99.6 cm³/mol. The maximum atomic E-state index is 13.0. The van der Waals surface area contributed by atoms with Crippen LogP contribution >= 0.6 is 0 Å². The molecule has 3 amide bonds. The Morgan fingerprint density at radius 2 is 1.67 bits per heavy atom. The summed E-state index contributed by atoms with van der Waals surface area (Å²) in [6.07, 6.45) is 0. The zero-order chi connectivity index (χ0) is 20.0. The van der Waals surface area contributed by atoms with E-state index in [0.29, 0.717) is 38.3 Å². The largest absolute Gasteiger partial charge is 0.358 e. The molecular weight excluding hydrogens is 351 g/mol. The van der Waals surface area contributed by atoms with Crippen LogP contribution in [-0.4, -0.2) is 73.3 Å². The Morgan fingerprint density at radius 1 is 1.07 bits per heavy atom. The molecule has 0 bridgehead atoms. The summed E-state index contributed by atoms with van der Waals surface area (Å²) in [5.41, 5.74) is 0.310. The third kappa shape index (κ3) is 5.75. The third-order valence-corrected chi connectivity index (χ3v) is 4.66. The Balaban J connectivity index is 1.96. The number of nitrogens with zero attached hydrogens (tertiary/aromatic N) is 2. The van der Waals surface area contributed by atoms with Gasteiger partial charge in [-0.3, -0.25) is 19.3 Å².